The second-order valence-corrected chi connectivity index (χ2v) is 9.85. The molecule has 3 heteroatoms. The van der Waals surface area contributed by atoms with Crippen LogP contribution in [0, 0.1) is 17.8 Å². The van der Waals surface area contributed by atoms with Crippen molar-refractivity contribution in [2.24, 2.45) is 5.92 Å². The monoisotopic (exact) mass is 423 g/mol. The van der Waals surface area contributed by atoms with E-state index in [1.54, 1.807) is 0 Å². The molecule has 0 amide bonds. The summed E-state index contributed by atoms with van der Waals surface area (Å²) in [6, 6.07) is 29.2. The van der Waals surface area contributed by atoms with E-state index in [2.05, 4.69) is 89.5 Å². The first-order valence-electron chi connectivity index (χ1n) is 11.3. The van der Waals surface area contributed by atoms with Crippen LogP contribution in [0.2, 0.25) is 0 Å². The Kier molecular flexibility index (Phi) is 6.11. The van der Waals surface area contributed by atoms with Crippen molar-refractivity contribution in [3.63, 3.8) is 0 Å². The highest BCUT2D eigenvalue weighted by Crippen LogP contribution is 2.40. The molecule has 32 heavy (non-hydrogen) atoms. The van der Waals surface area contributed by atoms with Crippen LogP contribution in [-0.4, -0.2) is 16.1 Å². The van der Waals surface area contributed by atoms with E-state index in [0.717, 1.165) is 35.5 Å². The molecule has 163 valence electrons. The number of piperidine rings is 1. The summed E-state index contributed by atoms with van der Waals surface area (Å²) >= 11 is 0. The fourth-order valence-corrected chi connectivity index (χ4v) is 4.85. The van der Waals surface area contributed by atoms with Gasteiger partial charge in [-0.3, -0.25) is 0 Å². The van der Waals surface area contributed by atoms with Gasteiger partial charge in [0.05, 0.1) is 0 Å². The predicted octanol–water partition coefficient (Wildman–Crippen LogP) is 7.12. The molecule has 4 rings (SSSR count). The molecule has 0 atom stereocenters. The molecule has 1 heterocycles. The Labute approximate surface area is 192 Å². The summed E-state index contributed by atoms with van der Waals surface area (Å²) in [6.45, 7) is 8.08. The molecule has 0 spiro atoms. The van der Waals surface area contributed by atoms with Crippen LogP contribution in [0.15, 0.2) is 84.9 Å². The lowest BCUT2D eigenvalue weighted by atomic mass is 9.75. The maximum absolute atomic E-state index is 12.6. The van der Waals surface area contributed by atoms with Gasteiger partial charge in [-0.15, -0.1) is 10.3 Å². The largest absolute Gasteiger partial charge is 0.311 e. The van der Waals surface area contributed by atoms with Crippen molar-refractivity contribution >= 4 is 17.1 Å². The Balaban J connectivity index is 1.58. The van der Waals surface area contributed by atoms with Gasteiger partial charge in [0.25, 0.3) is 0 Å². The summed E-state index contributed by atoms with van der Waals surface area (Å²) in [4.78, 5) is 2.24. The van der Waals surface area contributed by atoms with Crippen LogP contribution in [0.25, 0.3) is 0 Å². The highest BCUT2D eigenvalue weighted by atomic mass is 16.5. The molecular weight excluding hydrogens is 392 g/mol. The van der Waals surface area contributed by atoms with Gasteiger partial charge in [-0.05, 0) is 89.1 Å². The molecule has 1 saturated heterocycles. The van der Waals surface area contributed by atoms with E-state index in [1.165, 1.54) is 5.06 Å². The van der Waals surface area contributed by atoms with Crippen LogP contribution in [0.4, 0.5) is 17.1 Å². The summed E-state index contributed by atoms with van der Waals surface area (Å²) in [5.41, 5.74) is 3.54. The molecule has 0 bridgehead atoms. The summed E-state index contributed by atoms with van der Waals surface area (Å²) in [7, 11) is 0. The molecule has 0 unspecified atom stereocenters. The van der Waals surface area contributed by atoms with Gasteiger partial charge < -0.3 is 4.90 Å². The van der Waals surface area contributed by atoms with E-state index in [-0.39, 0.29) is 5.92 Å². The van der Waals surface area contributed by atoms with Crippen molar-refractivity contribution in [2.45, 2.75) is 51.6 Å². The number of hydrogen-bond acceptors (Lipinski definition) is 2. The summed E-state index contributed by atoms with van der Waals surface area (Å²) < 4.78 is 0. The summed E-state index contributed by atoms with van der Waals surface area (Å²) in [6.07, 6.45) is 1.58. The molecule has 1 radical (unpaired) electrons. The third kappa shape index (κ3) is 4.72. The van der Waals surface area contributed by atoms with Gasteiger partial charge in [0.15, 0.2) is 0 Å². The third-order valence-electron chi connectivity index (χ3n) is 6.17. The molecule has 0 saturated carbocycles. The first kappa shape index (κ1) is 22.1. The number of rotatable bonds is 3. The van der Waals surface area contributed by atoms with E-state index in [1.807, 2.05) is 39.8 Å². The number of para-hydroxylation sites is 2. The molecule has 0 aromatic heterocycles. The number of benzene rings is 3. The standard InChI is InChI=1S/C29H31N2O/c1-28(2)21-24(22-29(3,4)31(28)32)16-15-23-17-19-27(20-18-23)30(25-11-7-5-8-12-25)26-13-9-6-10-14-26/h5-14,17-20,24H,21-22H2,1-4H3. The normalized spacial score (nSPS) is 17.9. The lowest BCUT2D eigenvalue weighted by Gasteiger charge is -2.48. The molecule has 1 aliphatic heterocycles. The number of hydrogen-bond donors (Lipinski definition) is 0. The van der Waals surface area contributed by atoms with Gasteiger partial charge in [-0.2, -0.15) is 0 Å². The lowest BCUT2D eigenvalue weighted by Crippen LogP contribution is -2.58. The van der Waals surface area contributed by atoms with Crippen molar-refractivity contribution in [1.82, 2.24) is 5.06 Å². The Hall–Kier alpha value is -3.06. The van der Waals surface area contributed by atoms with E-state index in [0.29, 0.717) is 0 Å². The van der Waals surface area contributed by atoms with Gasteiger partial charge in [0, 0.05) is 39.6 Å². The first-order valence-corrected chi connectivity index (χ1v) is 11.3. The zero-order chi connectivity index (χ0) is 22.8. The van der Waals surface area contributed by atoms with E-state index >= 15 is 0 Å². The van der Waals surface area contributed by atoms with Gasteiger partial charge in [-0.1, -0.05) is 48.2 Å². The lowest BCUT2D eigenvalue weighted by molar-refractivity contribution is -0.291. The first-order chi connectivity index (χ1) is 15.3. The van der Waals surface area contributed by atoms with Crippen molar-refractivity contribution in [2.75, 3.05) is 4.90 Å². The minimum atomic E-state index is -0.392. The zero-order valence-corrected chi connectivity index (χ0v) is 19.4. The van der Waals surface area contributed by atoms with E-state index in [9.17, 15) is 5.21 Å². The van der Waals surface area contributed by atoms with Crippen LogP contribution in [0.5, 0.6) is 0 Å². The van der Waals surface area contributed by atoms with Crippen LogP contribution >= 0.6 is 0 Å². The Morgan fingerprint density at radius 3 is 1.62 bits per heavy atom. The average molecular weight is 424 g/mol. The number of hydroxylamine groups is 2. The van der Waals surface area contributed by atoms with Gasteiger partial charge in [-0.25, -0.2) is 0 Å². The molecule has 3 aromatic carbocycles. The molecule has 1 aliphatic rings. The topological polar surface area (TPSA) is 26.4 Å². The van der Waals surface area contributed by atoms with Crippen LogP contribution < -0.4 is 4.90 Å². The van der Waals surface area contributed by atoms with Gasteiger partial charge in [0.1, 0.15) is 0 Å². The molecule has 0 aliphatic carbocycles. The summed E-state index contributed by atoms with van der Waals surface area (Å²) in [5, 5.41) is 13.8. The van der Waals surface area contributed by atoms with Crippen molar-refractivity contribution in [3.8, 4) is 11.8 Å². The Morgan fingerprint density at radius 2 is 1.16 bits per heavy atom. The van der Waals surface area contributed by atoms with Crippen molar-refractivity contribution in [1.29, 1.82) is 0 Å². The summed E-state index contributed by atoms with van der Waals surface area (Å²) in [5.74, 6) is 7.03. The zero-order valence-electron chi connectivity index (χ0n) is 19.4. The maximum Gasteiger partial charge on any atom is 0.0462 e. The van der Waals surface area contributed by atoms with Crippen molar-refractivity contribution < 1.29 is 5.21 Å². The highest BCUT2D eigenvalue weighted by Gasteiger charge is 2.45. The van der Waals surface area contributed by atoms with E-state index < -0.39 is 11.1 Å². The second kappa shape index (κ2) is 8.82. The predicted molar refractivity (Wildman–Crippen MR) is 131 cm³/mol. The fraction of sp³-hybridized carbons (Fsp3) is 0.310. The minimum absolute atomic E-state index is 0.218. The third-order valence-corrected chi connectivity index (χ3v) is 6.17. The maximum atomic E-state index is 12.6. The van der Waals surface area contributed by atoms with Crippen LogP contribution in [0.3, 0.4) is 0 Å². The quantitative estimate of drug-likeness (QED) is 0.419. The second-order valence-electron chi connectivity index (χ2n) is 9.85. The number of nitrogens with zero attached hydrogens (tertiary/aromatic N) is 2. The minimum Gasteiger partial charge on any atom is -0.311 e. The van der Waals surface area contributed by atoms with Gasteiger partial charge in [0.2, 0.25) is 0 Å². The Bertz CT molecular complexity index is 1040. The molecule has 0 N–H and O–H groups in total. The number of anilines is 3. The Morgan fingerprint density at radius 1 is 0.719 bits per heavy atom. The van der Waals surface area contributed by atoms with Crippen molar-refractivity contribution in [3.05, 3.63) is 90.5 Å². The molecule has 1 fully saturated rings. The average Bonchev–Trinajstić information content (AvgIpc) is 2.78. The van der Waals surface area contributed by atoms with Gasteiger partial charge >= 0.3 is 0 Å². The molecule has 3 nitrogen and oxygen atoms in total. The van der Waals surface area contributed by atoms with Crippen LogP contribution in [0.1, 0.15) is 46.1 Å². The SMILES string of the molecule is CC1(C)CC(C#Cc2ccc(N(c3ccccc3)c3ccccc3)cc2)CC(C)(C)N1[O]. The fourth-order valence-electron chi connectivity index (χ4n) is 4.85. The molecule has 3 aromatic rings. The van der Waals surface area contributed by atoms with Crippen LogP contribution in [-0.2, 0) is 5.21 Å². The molecular formula is C29H31N2O. The highest BCUT2D eigenvalue weighted by molar-refractivity contribution is 5.76. The van der Waals surface area contributed by atoms with E-state index in [4.69, 9.17) is 0 Å². The smallest absolute Gasteiger partial charge is 0.0462 e.